The molecular weight excluding hydrogens is 280 g/mol. The Hall–Kier alpha value is -1.49. The highest BCUT2D eigenvalue weighted by Crippen LogP contribution is 2.23. The topological polar surface area (TPSA) is 49.8 Å². The zero-order valence-electron chi connectivity index (χ0n) is 13.0. The summed E-state index contributed by atoms with van der Waals surface area (Å²) in [6.07, 6.45) is 4.27. The normalized spacial score (nSPS) is 12.3. The van der Waals surface area contributed by atoms with E-state index in [1.807, 2.05) is 30.0 Å². The van der Waals surface area contributed by atoms with Gasteiger partial charge in [-0.3, -0.25) is 0 Å². The van der Waals surface area contributed by atoms with Gasteiger partial charge in [0.2, 0.25) is 5.95 Å². The molecule has 2 aromatic rings. The molecule has 0 aliphatic carbocycles. The van der Waals surface area contributed by atoms with Gasteiger partial charge in [0.05, 0.1) is 5.52 Å². The fourth-order valence-corrected chi connectivity index (χ4v) is 2.88. The minimum atomic E-state index is 0.428. The van der Waals surface area contributed by atoms with Crippen molar-refractivity contribution in [1.29, 1.82) is 0 Å². The average Bonchev–Trinajstić information content (AvgIpc) is 2.52. The van der Waals surface area contributed by atoms with Crippen molar-refractivity contribution in [1.82, 2.24) is 9.97 Å². The van der Waals surface area contributed by atoms with Crippen LogP contribution < -0.4 is 10.6 Å². The molecular formula is C16H24N4S. The third kappa shape index (κ3) is 4.24. The van der Waals surface area contributed by atoms with Crippen molar-refractivity contribution in [2.75, 3.05) is 29.2 Å². The van der Waals surface area contributed by atoms with Gasteiger partial charge in [-0.2, -0.15) is 16.7 Å². The molecule has 1 heterocycles. The third-order valence-corrected chi connectivity index (χ3v) is 4.07. The van der Waals surface area contributed by atoms with Gasteiger partial charge in [0, 0.05) is 23.7 Å². The van der Waals surface area contributed by atoms with Crippen molar-refractivity contribution >= 4 is 34.4 Å². The van der Waals surface area contributed by atoms with E-state index in [2.05, 4.69) is 46.8 Å². The molecule has 0 saturated carbocycles. The SMILES string of the molecule is CCCNc1nc(NC(CC)CSC)c2ccccc2n1. The highest BCUT2D eigenvalue weighted by atomic mass is 32.2. The molecule has 114 valence electrons. The zero-order valence-corrected chi connectivity index (χ0v) is 13.8. The summed E-state index contributed by atoms with van der Waals surface area (Å²) >= 11 is 1.86. The molecule has 5 heteroatoms. The van der Waals surface area contributed by atoms with Gasteiger partial charge in [-0.1, -0.05) is 26.0 Å². The molecule has 2 rings (SSSR count). The molecule has 0 aliphatic rings. The molecule has 0 amide bonds. The third-order valence-electron chi connectivity index (χ3n) is 3.34. The maximum atomic E-state index is 4.67. The number of rotatable bonds is 8. The summed E-state index contributed by atoms with van der Waals surface area (Å²) in [6.45, 7) is 5.23. The Balaban J connectivity index is 2.34. The molecule has 21 heavy (non-hydrogen) atoms. The van der Waals surface area contributed by atoms with Crippen molar-refractivity contribution in [3.05, 3.63) is 24.3 Å². The van der Waals surface area contributed by atoms with Gasteiger partial charge in [-0.15, -0.1) is 0 Å². The number of nitrogens with zero attached hydrogens (tertiary/aromatic N) is 2. The van der Waals surface area contributed by atoms with Crippen LogP contribution in [-0.4, -0.2) is 34.6 Å². The largest absolute Gasteiger partial charge is 0.366 e. The van der Waals surface area contributed by atoms with E-state index in [1.54, 1.807) is 0 Å². The lowest BCUT2D eigenvalue weighted by Crippen LogP contribution is -2.22. The van der Waals surface area contributed by atoms with E-state index in [-0.39, 0.29) is 0 Å². The van der Waals surface area contributed by atoms with Crippen molar-refractivity contribution < 1.29 is 0 Å². The second kappa shape index (κ2) is 8.08. The summed E-state index contributed by atoms with van der Waals surface area (Å²) in [5, 5.41) is 7.94. The van der Waals surface area contributed by atoms with Gasteiger partial charge in [0.25, 0.3) is 0 Å². The summed E-state index contributed by atoms with van der Waals surface area (Å²) in [5.41, 5.74) is 0.979. The lowest BCUT2D eigenvalue weighted by atomic mass is 10.2. The molecule has 0 saturated heterocycles. The first-order valence-corrected chi connectivity index (χ1v) is 8.94. The van der Waals surface area contributed by atoms with Gasteiger partial charge in [-0.05, 0) is 31.2 Å². The van der Waals surface area contributed by atoms with Gasteiger partial charge in [-0.25, -0.2) is 4.98 Å². The maximum absolute atomic E-state index is 4.67. The van der Waals surface area contributed by atoms with Gasteiger partial charge in [0.15, 0.2) is 0 Å². The quantitative estimate of drug-likeness (QED) is 0.772. The predicted octanol–water partition coefficient (Wildman–Crippen LogP) is 4.01. The summed E-state index contributed by atoms with van der Waals surface area (Å²) in [4.78, 5) is 9.25. The summed E-state index contributed by atoms with van der Waals surface area (Å²) in [7, 11) is 0. The van der Waals surface area contributed by atoms with E-state index in [9.17, 15) is 0 Å². The monoisotopic (exact) mass is 304 g/mol. The summed E-state index contributed by atoms with van der Waals surface area (Å²) in [6, 6.07) is 8.59. The smallest absolute Gasteiger partial charge is 0.225 e. The molecule has 0 bridgehead atoms. The minimum absolute atomic E-state index is 0.428. The van der Waals surface area contributed by atoms with Crippen molar-refractivity contribution in [3.8, 4) is 0 Å². The van der Waals surface area contributed by atoms with Crippen LogP contribution >= 0.6 is 11.8 Å². The Morgan fingerprint density at radius 1 is 1.19 bits per heavy atom. The fraction of sp³-hybridized carbons (Fsp3) is 0.500. The Kier molecular flexibility index (Phi) is 6.11. The van der Waals surface area contributed by atoms with Crippen LogP contribution in [0.25, 0.3) is 10.9 Å². The molecule has 1 atom stereocenters. The van der Waals surface area contributed by atoms with E-state index in [4.69, 9.17) is 0 Å². The van der Waals surface area contributed by atoms with Gasteiger partial charge >= 0.3 is 0 Å². The molecule has 0 fully saturated rings. The van der Waals surface area contributed by atoms with Crippen molar-refractivity contribution in [2.24, 2.45) is 0 Å². The number of benzene rings is 1. The number of hydrogen-bond donors (Lipinski definition) is 2. The van der Waals surface area contributed by atoms with E-state index < -0.39 is 0 Å². The first-order valence-electron chi connectivity index (χ1n) is 7.54. The highest BCUT2D eigenvalue weighted by molar-refractivity contribution is 7.98. The molecule has 0 aliphatic heterocycles. The number of anilines is 2. The first-order chi connectivity index (χ1) is 10.3. The first kappa shape index (κ1) is 15.9. The van der Waals surface area contributed by atoms with Crippen LogP contribution in [0.3, 0.4) is 0 Å². The van der Waals surface area contributed by atoms with Gasteiger partial charge in [0.1, 0.15) is 5.82 Å². The second-order valence-corrected chi connectivity index (χ2v) is 5.96. The Morgan fingerprint density at radius 3 is 2.71 bits per heavy atom. The molecule has 0 spiro atoms. The van der Waals surface area contributed by atoms with Crippen LogP contribution in [-0.2, 0) is 0 Å². The van der Waals surface area contributed by atoms with Crippen molar-refractivity contribution in [3.63, 3.8) is 0 Å². The lowest BCUT2D eigenvalue weighted by Gasteiger charge is -2.18. The molecule has 1 unspecified atom stereocenters. The Bertz CT molecular complexity index is 573. The summed E-state index contributed by atoms with van der Waals surface area (Å²) in [5.74, 6) is 2.71. The Labute approximate surface area is 131 Å². The molecule has 4 nitrogen and oxygen atoms in total. The van der Waals surface area contributed by atoms with Crippen LogP contribution in [0.2, 0.25) is 0 Å². The van der Waals surface area contributed by atoms with Gasteiger partial charge < -0.3 is 10.6 Å². The van der Waals surface area contributed by atoms with E-state index in [1.165, 1.54) is 0 Å². The number of fused-ring (bicyclic) bond motifs is 1. The molecule has 1 aromatic heterocycles. The van der Waals surface area contributed by atoms with Crippen LogP contribution in [0.4, 0.5) is 11.8 Å². The van der Waals surface area contributed by atoms with Crippen LogP contribution in [0.15, 0.2) is 24.3 Å². The molecule has 0 radical (unpaired) electrons. The number of nitrogens with one attached hydrogen (secondary N) is 2. The maximum Gasteiger partial charge on any atom is 0.225 e. The number of thioether (sulfide) groups is 1. The van der Waals surface area contributed by atoms with Crippen LogP contribution in [0.1, 0.15) is 26.7 Å². The number of hydrogen-bond acceptors (Lipinski definition) is 5. The van der Waals surface area contributed by atoms with E-state index >= 15 is 0 Å². The number of aromatic nitrogens is 2. The fourth-order valence-electron chi connectivity index (χ4n) is 2.16. The van der Waals surface area contributed by atoms with Crippen molar-refractivity contribution in [2.45, 2.75) is 32.7 Å². The highest BCUT2D eigenvalue weighted by Gasteiger charge is 2.11. The second-order valence-electron chi connectivity index (χ2n) is 5.04. The van der Waals surface area contributed by atoms with E-state index in [0.717, 1.165) is 41.9 Å². The summed E-state index contributed by atoms with van der Waals surface area (Å²) < 4.78 is 0. The number of para-hydroxylation sites is 1. The van der Waals surface area contributed by atoms with E-state index in [0.29, 0.717) is 12.0 Å². The van der Waals surface area contributed by atoms with Crippen LogP contribution in [0, 0.1) is 0 Å². The average molecular weight is 304 g/mol. The Morgan fingerprint density at radius 2 is 2.00 bits per heavy atom. The minimum Gasteiger partial charge on any atom is -0.366 e. The standard InChI is InChI=1S/C16H24N4S/c1-4-10-17-16-19-14-9-7-6-8-13(14)15(20-16)18-12(5-2)11-21-3/h6-9,12H,4-5,10-11H2,1-3H3,(H2,17,18,19,20). The zero-order chi connectivity index (χ0) is 15.1. The molecule has 1 aromatic carbocycles. The predicted molar refractivity (Wildman–Crippen MR) is 94.4 cm³/mol. The lowest BCUT2D eigenvalue weighted by molar-refractivity contribution is 0.771. The van der Waals surface area contributed by atoms with Crippen LogP contribution in [0.5, 0.6) is 0 Å². The molecule has 2 N–H and O–H groups in total.